The molecule has 2 aliphatic carbocycles. The lowest BCUT2D eigenvalue weighted by Gasteiger charge is -2.24. The number of benzene rings is 9. The van der Waals surface area contributed by atoms with E-state index >= 15 is 0 Å². The van der Waals surface area contributed by atoms with Gasteiger partial charge in [0.05, 0.1) is 0 Å². The van der Waals surface area contributed by atoms with Gasteiger partial charge in [0, 0.05) is 10.8 Å². The Morgan fingerprint density at radius 2 is 0.815 bits per heavy atom. The second-order valence-corrected chi connectivity index (χ2v) is 16.4. The fraction of sp³-hybridized carbons (Fsp3) is 0.111. The van der Waals surface area contributed by atoms with Gasteiger partial charge in [-0.1, -0.05) is 179 Å². The molecular formula is C54H40. The molecule has 0 heteroatoms. The van der Waals surface area contributed by atoms with Crippen LogP contribution >= 0.6 is 0 Å². The van der Waals surface area contributed by atoms with Crippen molar-refractivity contribution in [1.82, 2.24) is 0 Å². The summed E-state index contributed by atoms with van der Waals surface area (Å²) in [7, 11) is 0. The summed E-state index contributed by atoms with van der Waals surface area (Å²) < 4.78 is 0. The van der Waals surface area contributed by atoms with E-state index in [-0.39, 0.29) is 10.8 Å². The van der Waals surface area contributed by atoms with Crippen molar-refractivity contribution in [1.29, 1.82) is 0 Å². The summed E-state index contributed by atoms with van der Waals surface area (Å²) in [6, 6.07) is 64.1. The molecule has 0 aliphatic heterocycles. The molecule has 0 bridgehead atoms. The molecule has 2 aliphatic rings. The Morgan fingerprint density at radius 1 is 0.278 bits per heavy atom. The van der Waals surface area contributed by atoms with Crippen LogP contribution in [0, 0.1) is 0 Å². The molecule has 0 fully saturated rings. The maximum Gasteiger partial charge on any atom is 0.0159 e. The van der Waals surface area contributed by atoms with E-state index in [1.807, 2.05) is 0 Å². The van der Waals surface area contributed by atoms with Gasteiger partial charge >= 0.3 is 0 Å². The standard InChI is InChI=1S/C54H40/c1-53(2)47-22-12-10-19-43(47)52-44(20-13-23-48(52)53)51-41-18-8-7-17-40(41)50(37-27-28-39-38-16-9-11-21-46(38)54(3,4)49(39)32-37)45-31-36(26-29-42(45)51)35-25-24-33-14-5-6-15-34(33)30-35/h5-32H,1-4H3. The molecule has 0 unspecified atom stereocenters. The van der Waals surface area contributed by atoms with Crippen LogP contribution in [0.2, 0.25) is 0 Å². The average molecular weight is 689 g/mol. The normalized spacial score (nSPS) is 14.6. The van der Waals surface area contributed by atoms with Gasteiger partial charge in [-0.15, -0.1) is 0 Å². The summed E-state index contributed by atoms with van der Waals surface area (Å²) in [6.45, 7) is 9.52. The van der Waals surface area contributed by atoms with Gasteiger partial charge in [-0.25, -0.2) is 0 Å². The van der Waals surface area contributed by atoms with Crippen LogP contribution in [0.4, 0.5) is 0 Å². The van der Waals surface area contributed by atoms with Crippen LogP contribution in [-0.4, -0.2) is 0 Å². The monoisotopic (exact) mass is 688 g/mol. The minimum atomic E-state index is -0.0888. The van der Waals surface area contributed by atoms with E-state index in [9.17, 15) is 0 Å². The molecule has 0 saturated carbocycles. The van der Waals surface area contributed by atoms with Gasteiger partial charge in [-0.2, -0.15) is 0 Å². The Labute approximate surface area is 317 Å². The van der Waals surface area contributed by atoms with Crippen molar-refractivity contribution in [2.24, 2.45) is 0 Å². The largest absolute Gasteiger partial charge is 0.0619 e. The van der Waals surface area contributed by atoms with Crippen LogP contribution < -0.4 is 0 Å². The summed E-state index contributed by atoms with van der Waals surface area (Å²) in [5.74, 6) is 0. The predicted molar refractivity (Wildman–Crippen MR) is 230 cm³/mol. The summed E-state index contributed by atoms with van der Waals surface area (Å²) in [6.07, 6.45) is 0. The van der Waals surface area contributed by atoms with Gasteiger partial charge in [-0.05, 0) is 128 Å². The number of rotatable bonds is 3. The molecule has 256 valence electrons. The van der Waals surface area contributed by atoms with Crippen molar-refractivity contribution >= 4 is 32.3 Å². The van der Waals surface area contributed by atoms with Crippen LogP contribution in [0.3, 0.4) is 0 Å². The van der Waals surface area contributed by atoms with Crippen molar-refractivity contribution < 1.29 is 0 Å². The summed E-state index contributed by atoms with van der Waals surface area (Å²) in [4.78, 5) is 0. The second-order valence-electron chi connectivity index (χ2n) is 16.4. The number of hydrogen-bond donors (Lipinski definition) is 0. The Kier molecular flexibility index (Phi) is 6.46. The average Bonchev–Trinajstić information content (AvgIpc) is 3.59. The summed E-state index contributed by atoms with van der Waals surface area (Å²) >= 11 is 0. The molecule has 0 N–H and O–H groups in total. The third-order valence-electron chi connectivity index (χ3n) is 12.9. The highest BCUT2D eigenvalue weighted by atomic mass is 14.4. The van der Waals surface area contributed by atoms with E-state index in [0.717, 1.165) is 0 Å². The Bertz CT molecular complexity index is 3040. The first-order chi connectivity index (χ1) is 26.3. The van der Waals surface area contributed by atoms with Crippen LogP contribution in [0.15, 0.2) is 170 Å². The van der Waals surface area contributed by atoms with E-state index in [1.165, 1.54) is 110 Å². The summed E-state index contributed by atoms with van der Waals surface area (Å²) in [5, 5.41) is 7.66. The van der Waals surface area contributed by atoms with Crippen LogP contribution in [0.1, 0.15) is 49.9 Å². The molecule has 0 spiro atoms. The van der Waals surface area contributed by atoms with Crippen LogP contribution in [0.25, 0.3) is 88.0 Å². The fourth-order valence-corrected chi connectivity index (χ4v) is 10.2. The third kappa shape index (κ3) is 4.26. The highest BCUT2D eigenvalue weighted by molar-refractivity contribution is 6.23. The molecule has 11 rings (SSSR count). The lowest BCUT2D eigenvalue weighted by Crippen LogP contribution is -2.14. The zero-order chi connectivity index (χ0) is 36.3. The van der Waals surface area contributed by atoms with Gasteiger partial charge < -0.3 is 0 Å². The van der Waals surface area contributed by atoms with Crippen molar-refractivity contribution in [2.45, 2.75) is 38.5 Å². The van der Waals surface area contributed by atoms with Crippen molar-refractivity contribution in [2.75, 3.05) is 0 Å². The van der Waals surface area contributed by atoms with E-state index in [1.54, 1.807) is 0 Å². The zero-order valence-corrected chi connectivity index (χ0v) is 31.2. The van der Waals surface area contributed by atoms with E-state index in [4.69, 9.17) is 0 Å². The topological polar surface area (TPSA) is 0 Å². The van der Waals surface area contributed by atoms with Gasteiger partial charge in [0.15, 0.2) is 0 Å². The van der Waals surface area contributed by atoms with Gasteiger partial charge in [0.1, 0.15) is 0 Å². The van der Waals surface area contributed by atoms with Crippen molar-refractivity contribution in [3.05, 3.63) is 192 Å². The molecule has 0 nitrogen and oxygen atoms in total. The first kappa shape index (κ1) is 31.3. The second kappa shape index (κ2) is 11.1. The molecule has 0 aromatic heterocycles. The minimum Gasteiger partial charge on any atom is -0.0619 e. The van der Waals surface area contributed by atoms with E-state index < -0.39 is 0 Å². The lowest BCUT2D eigenvalue weighted by atomic mass is 9.79. The molecule has 0 heterocycles. The van der Waals surface area contributed by atoms with Crippen molar-refractivity contribution in [3.63, 3.8) is 0 Å². The first-order valence-corrected chi connectivity index (χ1v) is 19.3. The van der Waals surface area contributed by atoms with Gasteiger partial charge in [-0.3, -0.25) is 0 Å². The lowest BCUT2D eigenvalue weighted by molar-refractivity contribution is 0.660. The number of hydrogen-bond acceptors (Lipinski definition) is 0. The molecule has 0 radical (unpaired) electrons. The first-order valence-electron chi connectivity index (χ1n) is 19.3. The third-order valence-corrected chi connectivity index (χ3v) is 12.9. The highest BCUT2D eigenvalue weighted by Gasteiger charge is 2.38. The maximum atomic E-state index is 2.50. The zero-order valence-electron chi connectivity index (χ0n) is 31.2. The molecule has 9 aromatic carbocycles. The van der Waals surface area contributed by atoms with Crippen LogP contribution in [-0.2, 0) is 10.8 Å². The van der Waals surface area contributed by atoms with Crippen molar-refractivity contribution in [3.8, 4) is 55.6 Å². The van der Waals surface area contributed by atoms with E-state index in [2.05, 4.69) is 198 Å². The molecule has 9 aromatic rings. The fourth-order valence-electron chi connectivity index (χ4n) is 10.2. The Morgan fingerprint density at radius 3 is 1.63 bits per heavy atom. The molecule has 0 saturated heterocycles. The van der Waals surface area contributed by atoms with Crippen LogP contribution in [0.5, 0.6) is 0 Å². The summed E-state index contributed by atoms with van der Waals surface area (Å²) in [5.41, 5.74) is 18.5. The molecule has 0 amide bonds. The SMILES string of the molecule is CC1(C)c2ccccc2-c2ccc(-c3c4ccccc4c(-c4cccc5c4-c4ccccc4C5(C)C)c4ccc(-c5ccc6ccccc6c5)cc34)cc21. The predicted octanol–water partition coefficient (Wildman–Crippen LogP) is 14.8. The number of fused-ring (bicyclic) bond motifs is 9. The smallest absolute Gasteiger partial charge is 0.0159 e. The highest BCUT2D eigenvalue weighted by Crippen LogP contribution is 2.55. The molecule has 54 heavy (non-hydrogen) atoms. The minimum absolute atomic E-state index is 0.0778. The Hall–Kier alpha value is -6.24. The Balaban J connectivity index is 1.25. The molecular weight excluding hydrogens is 649 g/mol. The van der Waals surface area contributed by atoms with Gasteiger partial charge in [0.2, 0.25) is 0 Å². The van der Waals surface area contributed by atoms with E-state index in [0.29, 0.717) is 0 Å². The van der Waals surface area contributed by atoms with Gasteiger partial charge in [0.25, 0.3) is 0 Å². The maximum absolute atomic E-state index is 2.50. The molecule has 0 atom stereocenters. The quantitative estimate of drug-likeness (QED) is 0.162.